The summed E-state index contributed by atoms with van der Waals surface area (Å²) in [6.07, 6.45) is 7.76. The molecule has 0 aliphatic carbocycles. The molecule has 0 aliphatic rings. The van der Waals surface area contributed by atoms with Crippen molar-refractivity contribution in [3.63, 3.8) is 0 Å². The number of ether oxygens (including phenoxy) is 1. The van der Waals surface area contributed by atoms with Crippen molar-refractivity contribution in [3.8, 4) is 12.3 Å². The normalized spacial score (nSPS) is 15.7. The second-order valence-corrected chi connectivity index (χ2v) is 4.43. The Morgan fingerprint density at radius 3 is 2.53 bits per heavy atom. The Hall–Kier alpha value is -1.01. The standard InChI is InChI=1S/C14H25NO2/c1-6-10-15-14(8-3,11-12(5)7-2)13(16)17-9-4/h1,12,15H,7-11H2,2-5H3. The van der Waals surface area contributed by atoms with E-state index in [0.29, 0.717) is 25.5 Å². The van der Waals surface area contributed by atoms with E-state index in [1.165, 1.54) is 0 Å². The molecule has 3 heteroatoms. The molecule has 0 rings (SSSR count). The topological polar surface area (TPSA) is 38.3 Å². The fourth-order valence-corrected chi connectivity index (χ4v) is 1.87. The predicted molar refractivity (Wildman–Crippen MR) is 70.6 cm³/mol. The Morgan fingerprint density at radius 2 is 2.12 bits per heavy atom. The average molecular weight is 239 g/mol. The van der Waals surface area contributed by atoms with Crippen molar-refractivity contribution >= 4 is 5.97 Å². The summed E-state index contributed by atoms with van der Waals surface area (Å²) in [7, 11) is 0. The maximum atomic E-state index is 12.1. The highest BCUT2D eigenvalue weighted by molar-refractivity contribution is 5.80. The zero-order valence-corrected chi connectivity index (χ0v) is 11.5. The van der Waals surface area contributed by atoms with Gasteiger partial charge in [-0.2, -0.15) is 0 Å². The minimum absolute atomic E-state index is 0.182. The first-order valence-corrected chi connectivity index (χ1v) is 6.41. The third-order valence-corrected chi connectivity index (χ3v) is 3.19. The van der Waals surface area contributed by atoms with E-state index in [0.717, 1.165) is 12.8 Å². The molecule has 0 aromatic heterocycles. The van der Waals surface area contributed by atoms with Crippen LogP contribution in [0.1, 0.15) is 47.0 Å². The minimum atomic E-state index is -0.627. The van der Waals surface area contributed by atoms with Gasteiger partial charge in [-0.3, -0.25) is 10.1 Å². The average Bonchev–Trinajstić information content (AvgIpc) is 2.34. The molecule has 0 fully saturated rings. The lowest BCUT2D eigenvalue weighted by molar-refractivity contribution is -0.152. The van der Waals surface area contributed by atoms with Crippen LogP contribution in [0.5, 0.6) is 0 Å². The first-order chi connectivity index (χ1) is 8.06. The summed E-state index contributed by atoms with van der Waals surface area (Å²) in [4.78, 5) is 12.1. The predicted octanol–water partition coefficient (Wildman–Crippen LogP) is 2.36. The number of hydrogen-bond acceptors (Lipinski definition) is 3. The number of carbonyl (C=O) groups is 1. The Labute approximate surface area is 105 Å². The highest BCUT2D eigenvalue weighted by atomic mass is 16.5. The van der Waals surface area contributed by atoms with Crippen LogP contribution in [0.4, 0.5) is 0 Å². The Bertz CT molecular complexity index is 270. The van der Waals surface area contributed by atoms with Gasteiger partial charge in [-0.05, 0) is 25.7 Å². The number of rotatable bonds is 8. The molecule has 0 radical (unpaired) electrons. The van der Waals surface area contributed by atoms with Crippen LogP contribution >= 0.6 is 0 Å². The molecule has 98 valence electrons. The summed E-state index contributed by atoms with van der Waals surface area (Å²) in [5.41, 5.74) is -0.627. The van der Waals surface area contributed by atoms with Gasteiger partial charge in [0.15, 0.2) is 0 Å². The molecule has 0 spiro atoms. The first kappa shape index (κ1) is 16.0. The fraction of sp³-hybridized carbons (Fsp3) is 0.786. The van der Waals surface area contributed by atoms with Gasteiger partial charge >= 0.3 is 5.97 Å². The molecule has 0 aromatic rings. The first-order valence-electron chi connectivity index (χ1n) is 6.41. The van der Waals surface area contributed by atoms with Crippen LogP contribution in [0.2, 0.25) is 0 Å². The van der Waals surface area contributed by atoms with Crippen molar-refractivity contribution in [2.75, 3.05) is 13.2 Å². The molecule has 0 amide bonds. The van der Waals surface area contributed by atoms with Crippen molar-refractivity contribution < 1.29 is 9.53 Å². The quantitative estimate of drug-likeness (QED) is 0.522. The van der Waals surface area contributed by atoms with Crippen molar-refractivity contribution in [1.82, 2.24) is 5.32 Å². The second-order valence-electron chi connectivity index (χ2n) is 4.43. The van der Waals surface area contributed by atoms with Gasteiger partial charge in [-0.15, -0.1) is 6.42 Å². The summed E-state index contributed by atoms with van der Waals surface area (Å²) >= 11 is 0. The molecule has 0 bridgehead atoms. The van der Waals surface area contributed by atoms with E-state index in [1.54, 1.807) is 0 Å². The zero-order valence-electron chi connectivity index (χ0n) is 11.5. The number of esters is 1. The van der Waals surface area contributed by atoms with Gasteiger partial charge in [0.05, 0.1) is 13.2 Å². The molecular formula is C14H25NO2. The Kier molecular flexibility index (Phi) is 7.65. The Morgan fingerprint density at radius 1 is 1.47 bits per heavy atom. The summed E-state index contributed by atoms with van der Waals surface area (Å²) in [6.45, 7) is 8.87. The molecule has 0 heterocycles. The molecular weight excluding hydrogens is 214 g/mol. The van der Waals surface area contributed by atoms with Crippen LogP contribution in [0.25, 0.3) is 0 Å². The maximum absolute atomic E-state index is 12.1. The molecule has 0 aromatic carbocycles. The Balaban J connectivity index is 4.86. The van der Waals surface area contributed by atoms with Crippen LogP contribution < -0.4 is 5.32 Å². The lowest BCUT2D eigenvalue weighted by atomic mass is 9.84. The van der Waals surface area contributed by atoms with Crippen LogP contribution in [0.15, 0.2) is 0 Å². The molecule has 17 heavy (non-hydrogen) atoms. The molecule has 2 atom stereocenters. The van der Waals surface area contributed by atoms with Gasteiger partial charge in [0, 0.05) is 0 Å². The number of carbonyl (C=O) groups excluding carboxylic acids is 1. The summed E-state index contributed by atoms with van der Waals surface area (Å²) in [5, 5.41) is 3.17. The van der Waals surface area contributed by atoms with Crippen LogP contribution in [-0.2, 0) is 9.53 Å². The molecule has 0 saturated carbocycles. The molecule has 0 aliphatic heterocycles. The van der Waals surface area contributed by atoms with Crippen molar-refractivity contribution in [1.29, 1.82) is 0 Å². The van der Waals surface area contributed by atoms with Crippen molar-refractivity contribution in [2.24, 2.45) is 5.92 Å². The zero-order chi connectivity index (χ0) is 13.3. The molecule has 0 saturated heterocycles. The van der Waals surface area contributed by atoms with Gasteiger partial charge in [0.25, 0.3) is 0 Å². The van der Waals surface area contributed by atoms with E-state index in [-0.39, 0.29) is 5.97 Å². The van der Waals surface area contributed by atoms with E-state index in [2.05, 4.69) is 25.1 Å². The summed E-state index contributed by atoms with van der Waals surface area (Å²) < 4.78 is 5.17. The lowest BCUT2D eigenvalue weighted by Gasteiger charge is -2.33. The van der Waals surface area contributed by atoms with Crippen LogP contribution in [0, 0.1) is 18.3 Å². The summed E-state index contributed by atoms with van der Waals surface area (Å²) in [5.74, 6) is 2.81. The van der Waals surface area contributed by atoms with Gasteiger partial charge < -0.3 is 4.74 Å². The fourth-order valence-electron chi connectivity index (χ4n) is 1.87. The highest BCUT2D eigenvalue weighted by Gasteiger charge is 2.38. The van der Waals surface area contributed by atoms with Gasteiger partial charge in [-0.1, -0.05) is 33.1 Å². The van der Waals surface area contributed by atoms with E-state index in [4.69, 9.17) is 11.2 Å². The number of hydrogen-bond donors (Lipinski definition) is 1. The molecule has 3 nitrogen and oxygen atoms in total. The molecule has 2 unspecified atom stereocenters. The number of nitrogens with one attached hydrogen (secondary N) is 1. The molecule has 1 N–H and O–H groups in total. The van der Waals surface area contributed by atoms with Crippen LogP contribution in [-0.4, -0.2) is 24.7 Å². The van der Waals surface area contributed by atoms with E-state index in [1.807, 2.05) is 13.8 Å². The van der Waals surface area contributed by atoms with Gasteiger partial charge in [0.1, 0.15) is 5.54 Å². The highest BCUT2D eigenvalue weighted by Crippen LogP contribution is 2.24. The van der Waals surface area contributed by atoms with Crippen molar-refractivity contribution in [2.45, 2.75) is 52.5 Å². The maximum Gasteiger partial charge on any atom is 0.326 e. The van der Waals surface area contributed by atoms with Crippen molar-refractivity contribution in [3.05, 3.63) is 0 Å². The minimum Gasteiger partial charge on any atom is -0.465 e. The lowest BCUT2D eigenvalue weighted by Crippen LogP contribution is -2.53. The second kappa shape index (κ2) is 8.14. The van der Waals surface area contributed by atoms with Gasteiger partial charge in [0.2, 0.25) is 0 Å². The van der Waals surface area contributed by atoms with Crippen LogP contribution in [0.3, 0.4) is 0 Å². The monoisotopic (exact) mass is 239 g/mol. The third kappa shape index (κ3) is 4.79. The largest absolute Gasteiger partial charge is 0.465 e. The summed E-state index contributed by atoms with van der Waals surface area (Å²) in [6, 6.07) is 0. The van der Waals surface area contributed by atoms with E-state index < -0.39 is 5.54 Å². The smallest absolute Gasteiger partial charge is 0.326 e. The third-order valence-electron chi connectivity index (χ3n) is 3.19. The van der Waals surface area contributed by atoms with E-state index in [9.17, 15) is 4.79 Å². The number of terminal acetylenes is 1. The SMILES string of the molecule is C#CCNC(CC)(CC(C)CC)C(=O)OCC. The van der Waals surface area contributed by atoms with E-state index >= 15 is 0 Å². The van der Waals surface area contributed by atoms with Gasteiger partial charge in [-0.25, -0.2) is 0 Å².